The van der Waals surface area contributed by atoms with E-state index in [1.165, 1.54) is 37.9 Å². The minimum absolute atomic E-state index is 0.0291. The number of hydrogen-bond acceptors (Lipinski definition) is 3. The first kappa shape index (κ1) is 14.5. The third-order valence-corrected chi connectivity index (χ3v) is 4.49. The van der Waals surface area contributed by atoms with Crippen LogP contribution in [0.4, 0.5) is 5.69 Å². The molecule has 1 amide bonds. The number of anilines is 1. The lowest BCUT2D eigenvalue weighted by molar-refractivity contribution is -0.118. The normalized spacial score (nSPS) is 23.1. The van der Waals surface area contributed by atoms with Crippen LogP contribution in [0.2, 0.25) is 0 Å². The van der Waals surface area contributed by atoms with Gasteiger partial charge in [-0.1, -0.05) is 24.6 Å². The number of nitrogens with zero attached hydrogens (tertiary/aromatic N) is 1. The second kappa shape index (κ2) is 7.05. The molecular formula is C17H25N3O. The number of nitrogens with one attached hydrogen (secondary N) is 2. The van der Waals surface area contributed by atoms with Gasteiger partial charge in [-0.25, -0.2) is 0 Å². The highest BCUT2D eigenvalue weighted by Gasteiger charge is 2.21. The van der Waals surface area contributed by atoms with Crippen LogP contribution < -0.4 is 10.6 Å². The topological polar surface area (TPSA) is 44.4 Å². The van der Waals surface area contributed by atoms with E-state index in [1.54, 1.807) is 0 Å². The van der Waals surface area contributed by atoms with Crippen molar-refractivity contribution in [3.8, 4) is 0 Å². The van der Waals surface area contributed by atoms with Gasteiger partial charge in [0.1, 0.15) is 0 Å². The molecule has 0 bridgehead atoms. The molecule has 2 fully saturated rings. The summed E-state index contributed by atoms with van der Waals surface area (Å²) >= 11 is 0. The highest BCUT2D eigenvalue weighted by Crippen LogP contribution is 2.20. The molecule has 1 aromatic carbocycles. The number of piperidine rings is 1. The van der Waals surface area contributed by atoms with Crippen molar-refractivity contribution in [1.82, 2.24) is 10.2 Å². The van der Waals surface area contributed by atoms with Crippen molar-refractivity contribution in [3.63, 3.8) is 0 Å². The number of carbonyl (C=O) groups excluding carboxylic acids is 1. The average Bonchev–Trinajstić information content (AvgIpc) is 3.03. The number of hydrogen-bond donors (Lipinski definition) is 2. The fourth-order valence-corrected chi connectivity index (χ4v) is 3.26. The molecule has 0 radical (unpaired) electrons. The Morgan fingerprint density at radius 2 is 2.00 bits per heavy atom. The molecule has 2 heterocycles. The summed E-state index contributed by atoms with van der Waals surface area (Å²) in [6, 6.07) is 8.17. The molecule has 1 aromatic rings. The third kappa shape index (κ3) is 3.83. The Morgan fingerprint density at radius 3 is 2.76 bits per heavy atom. The van der Waals surface area contributed by atoms with E-state index in [9.17, 15) is 4.79 Å². The predicted molar refractivity (Wildman–Crippen MR) is 85.2 cm³/mol. The zero-order chi connectivity index (χ0) is 14.5. The van der Waals surface area contributed by atoms with E-state index >= 15 is 0 Å². The van der Waals surface area contributed by atoms with Gasteiger partial charge >= 0.3 is 0 Å². The summed E-state index contributed by atoms with van der Waals surface area (Å²) in [5.74, 6) is 0.114. The Bertz CT molecular complexity index is 477. The lowest BCUT2D eigenvalue weighted by Crippen LogP contribution is -2.43. The summed E-state index contributed by atoms with van der Waals surface area (Å²) in [6.07, 6.45) is 5.84. The molecule has 0 aliphatic carbocycles. The molecule has 3 rings (SSSR count). The van der Waals surface area contributed by atoms with E-state index < -0.39 is 0 Å². The van der Waals surface area contributed by atoms with E-state index in [-0.39, 0.29) is 11.9 Å². The van der Waals surface area contributed by atoms with Crippen LogP contribution in [0, 0.1) is 0 Å². The van der Waals surface area contributed by atoms with Gasteiger partial charge in [-0.2, -0.15) is 0 Å². The van der Waals surface area contributed by atoms with Gasteiger partial charge in [0.05, 0.1) is 6.04 Å². The van der Waals surface area contributed by atoms with E-state index in [4.69, 9.17) is 0 Å². The van der Waals surface area contributed by atoms with Crippen molar-refractivity contribution in [1.29, 1.82) is 0 Å². The minimum atomic E-state index is -0.0291. The summed E-state index contributed by atoms with van der Waals surface area (Å²) in [5.41, 5.74) is 2.20. The Hall–Kier alpha value is -1.39. The zero-order valence-electron chi connectivity index (χ0n) is 12.6. The maximum absolute atomic E-state index is 12.4. The van der Waals surface area contributed by atoms with Crippen molar-refractivity contribution in [2.24, 2.45) is 0 Å². The lowest BCUT2D eigenvalue weighted by atomic mass is 10.0. The lowest BCUT2D eigenvalue weighted by Gasteiger charge is -2.24. The fourth-order valence-electron chi connectivity index (χ4n) is 3.26. The summed E-state index contributed by atoms with van der Waals surface area (Å²) in [4.78, 5) is 14.8. The third-order valence-electron chi connectivity index (χ3n) is 4.49. The van der Waals surface area contributed by atoms with Crippen LogP contribution in [0.15, 0.2) is 24.3 Å². The summed E-state index contributed by atoms with van der Waals surface area (Å²) in [6.45, 7) is 4.24. The van der Waals surface area contributed by atoms with Gasteiger partial charge in [0.25, 0.3) is 0 Å². The number of likely N-dealkylation sites (tertiary alicyclic amines) is 1. The van der Waals surface area contributed by atoms with Gasteiger partial charge in [0, 0.05) is 12.2 Å². The minimum Gasteiger partial charge on any atom is -0.324 e. The highest BCUT2D eigenvalue weighted by molar-refractivity contribution is 5.95. The molecule has 1 unspecified atom stereocenters. The van der Waals surface area contributed by atoms with Crippen molar-refractivity contribution < 1.29 is 4.79 Å². The largest absolute Gasteiger partial charge is 0.324 e. The molecule has 2 saturated heterocycles. The van der Waals surface area contributed by atoms with Crippen LogP contribution in [-0.4, -0.2) is 36.5 Å². The van der Waals surface area contributed by atoms with Crippen LogP contribution in [0.1, 0.15) is 37.7 Å². The second-order valence-electron chi connectivity index (χ2n) is 6.13. The van der Waals surface area contributed by atoms with Gasteiger partial charge in [0.2, 0.25) is 5.91 Å². The first-order valence-electron chi connectivity index (χ1n) is 8.17. The van der Waals surface area contributed by atoms with Crippen LogP contribution in [0.5, 0.6) is 0 Å². The SMILES string of the molecule is O=C(Nc1ccccc1CN1CCCC1)C1CCCCN1. The molecule has 1 atom stereocenters. The van der Waals surface area contributed by atoms with Crippen LogP contribution in [-0.2, 0) is 11.3 Å². The van der Waals surface area contributed by atoms with E-state index in [2.05, 4.69) is 27.7 Å². The molecule has 0 spiro atoms. The second-order valence-corrected chi connectivity index (χ2v) is 6.13. The molecule has 0 saturated carbocycles. The molecule has 4 nitrogen and oxygen atoms in total. The van der Waals surface area contributed by atoms with E-state index in [0.29, 0.717) is 0 Å². The quantitative estimate of drug-likeness (QED) is 0.893. The Labute approximate surface area is 126 Å². The standard InChI is InChI=1S/C17H25N3O/c21-17(16-9-3-4-10-18-16)19-15-8-2-1-7-14(15)13-20-11-5-6-12-20/h1-2,7-8,16,18H,3-6,9-13H2,(H,19,21). The van der Waals surface area contributed by atoms with Gasteiger partial charge in [0.15, 0.2) is 0 Å². The first-order chi connectivity index (χ1) is 10.3. The fraction of sp³-hybridized carbons (Fsp3) is 0.588. The zero-order valence-corrected chi connectivity index (χ0v) is 12.6. The average molecular weight is 287 g/mol. The smallest absolute Gasteiger partial charge is 0.241 e. The van der Waals surface area contributed by atoms with E-state index in [0.717, 1.165) is 31.6 Å². The van der Waals surface area contributed by atoms with Gasteiger partial charge in [-0.05, 0) is 56.9 Å². The number of rotatable bonds is 4. The van der Waals surface area contributed by atoms with Crippen LogP contribution >= 0.6 is 0 Å². The molecule has 2 aliphatic heterocycles. The van der Waals surface area contributed by atoms with Crippen LogP contribution in [0.3, 0.4) is 0 Å². The molecule has 0 aromatic heterocycles. The summed E-state index contributed by atoms with van der Waals surface area (Å²) in [7, 11) is 0. The van der Waals surface area contributed by atoms with Gasteiger partial charge in [-0.3, -0.25) is 9.69 Å². The number of benzene rings is 1. The van der Waals surface area contributed by atoms with Gasteiger partial charge < -0.3 is 10.6 Å². The number of carbonyl (C=O) groups is 1. The number of para-hydroxylation sites is 1. The maximum atomic E-state index is 12.4. The van der Waals surface area contributed by atoms with E-state index in [1.807, 2.05) is 12.1 Å². The van der Waals surface area contributed by atoms with Crippen molar-refractivity contribution in [2.75, 3.05) is 25.0 Å². The molecule has 2 N–H and O–H groups in total. The molecule has 4 heteroatoms. The van der Waals surface area contributed by atoms with Crippen molar-refractivity contribution in [2.45, 2.75) is 44.7 Å². The Balaban J connectivity index is 1.65. The Kier molecular flexibility index (Phi) is 4.88. The molecule has 2 aliphatic rings. The van der Waals surface area contributed by atoms with Gasteiger partial charge in [-0.15, -0.1) is 0 Å². The van der Waals surface area contributed by atoms with Crippen molar-refractivity contribution >= 4 is 11.6 Å². The first-order valence-corrected chi connectivity index (χ1v) is 8.17. The maximum Gasteiger partial charge on any atom is 0.241 e. The Morgan fingerprint density at radius 1 is 1.19 bits per heavy atom. The van der Waals surface area contributed by atoms with Crippen molar-refractivity contribution in [3.05, 3.63) is 29.8 Å². The molecule has 21 heavy (non-hydrogen) atoms. The predicted octanol–water partition coefficient (Wildman–Crippen LogP) is 2.36. The molecular weight excluding hydrogens is 262 g/mol. The summed E-state index contributed by atoms with van der Waals surface area (Å²) < 4.78 is 0. The van der Waals surface area contributed by atoms with Crippen LogP contribution in [0.25, 0.3) is 0 Å². The highest BCUT2D eigenvalue weighted by atomic mass is 16.2. The monoisotopic (exact) mass is 287 g/mol. The molecule has 114 valence electrons. The number of amides is 1. The summed E-state index contributed by atoms with van der Waals surface area (Å²) in [5, 5.41) is 6.44.